The van der Waals surface area contributed by atoms with Crippen LogP contribution in [0.2, 0.25) is 0 Å². The highest BCUT2D eigenvalue weighted by atomic mass is 32.1. The molecule has 1 atom stereocenters. The van der Waals surface area contributed by atoms with Crippen LogP contribution in [0.15, 0.2) is 0 Å². The van der Waals surface area contributed by atoms with Crippen molar-refractivity contribution >= 4 is 27.9 Å². The summed E-state index contributed by atoms with van der Waals surface area (Å²) in [6.07, 6.45) is 0.940. The number of nitrogens with one attached hydrogen (secondary N) is 2. The van der Waals surface area contributed by atoms with E-state index in [2.05, 4.69) is 37.5 Å². The summed E-state index contributed by atoms with van der Waals surface area (Å²) < 4.78 is 0. The number of hydrogen-bond donors (Lipinski definition) is 3. The zero-order chi connectivity index (χ0) is 14.6. The van der Waals surface area contributed by atoms with Gasteiger partial charge in [0.25, 0.3) is 5.91 Å². The number of anilines is 2. The zero-order valence-electron chi connectivity index (χ0n) is 11.7. The van der Waals surface area contributed by atoms with Crippen molar-refractivity contribution in [2.24, 2.45) is 5.92 Å². The summed E-state index contributed by atoms with van der Waals surface area (Å²) in [6.45, 7) is 6.31. The molecule has 4 N–H and O–H groups in total. The van der Waals surface area contributed by atoms with Gasteiger partial charge in [-0.3, -0.25) is 4.79 Å². The Morgan fingerprint density at radius 3 is 2.58 bits per heavy atom. The lowest BCUT2D eigenvalue weighted by Crippen LogP contribution is -2.24. The number of hydrogen-bond acceptors (Lipinski definition) is 5. The van der Waals surface area contributed by atoms with Gasteiger partial charge < -0.3 is 16.4 Å². The normalized spacial score (nSPS) is 12.0. The van der Waals surface area contributed by atoms with E-state index in [-0.39, 0.29) is 17.6 Å². The molecule has 1 heterocycles. The maximum Gasteiger partial charge on any atom is 0.263 e. The van der Waals surface area contributed by atoms with Crippen LogP contribution in [-0.2, 0) is 0 Å². The minimum Gasteiger partial charge on any atom is -0.396 e. The van der Waals surface area contributed by atoms with Crippen LogP contribution in [0, 0.1) is 17.2 Å². The highest BCUT2D eigenvalue weighted by molar-refractivity contribution is 7.18. The van der Waals surface area contributed by atoms with Crippen LogP contribution in [0.3, 0.4) is 0 Å². The minimum absolute atomic E-state index is 0.252. The molecule has 19 heavy (non-hydrogen) atoms. The molecule has 104 valence electrons. The Bertz CT molecular complexity index is 501. The molecule has 0 aromatic carbocycles. The standard InChI is InChI=1S/C13H20N4OS/c1-5-9(7(2)3)17-13-8(6-14)10(15)11(19-13)12(18)16-4/h7,9,17H,5,15H2,1-4H3,(H,16,18). The third kappa shape index (κ3) is 3.18. The van der Waals surface area contributed by atoms with Gasteiger partial charge in [0, 0.05) is 13.1 Å². The smallest absolute Gasteiger partial charge is 0.263 e. The number of rotatable bonds is 5. The van der Waals surface area contributed by atoms with Gasteiger partial charge in [0.15, 0.2) is 0 Å². The van der Waals surface area contributed by atoms with Gasteiger partial charge in [-0.1, -0.05) is 20.8 Å². The number of nitrogens with zero attached hydrogens (tertiary/aromatic N) is 1. The molecule has 6 heteroatoms. The molecule has 1 rings (SSSR count). The molecule has 1 aromatic rings. The summed E-state index contributed by atoms with van der Waals surface area (Å²) in [7, 11) is 1.55. The molecule has 0 fully saturated rings. The monoisotopic (exact) mass is 280 g/mol. The summed E-state index contributed by atoms with van der Waals surface area (Å²) in [5.74, 6) is 0.174. The predicted molar refractivity (Wildman–Crippen MR) is 79.4 cm³/mol. The molecular formula is C13H20N4OS. The van der Waals surface area contributed by atoms with E-state index in [4.69, 9.17) is 5.73 Å². The zero-order valence-corrected chi connectivity index (χ0v) is 12.5. The van der Waals surface area contributed by atoms with Crippen molar-refractivity contribution in [2.75, 3.05) is 18.1 Å². The van der Waals surface area contributed by atoms with Gasteiger partial charge in [0.1, 0.15) is 21.5 Å². The third-order valence-electron chi connectivity index (χ3n) is 3.05. The molecule has 0 aliphatic carbocycles. The first-order valence-electron chi connectivity index (χ1n) is 6.27. The van der Waals surface area contributed by atoms with Crippen LogP contribution >= 0.6 is 11.3 Å². The number of amides is 1. The van der Waals surface area contributed by atoms with Gasteiger partial charge in [-0.25, -0.2) is 0 Å². The van der Waals surface area contributed by atoms with Crippen molar-refractivity contribution < 1.29 is 4.79 Å². The van der Waals surface area contributed by atoms with Crippen molar-refractivity contribution in [2.45, 2.75) is 33.2 Å². The van der Waals surface area contributed by atoms with E-state index in [1.54, 1.807) is 7.05 Å². The lowest BCUT2D eigenvalue weighted by atomic mass is 10.0. The molecule has 1 amide bonds. The number of nitriles is 1. The maximum absolute atomic E-state index is 11.7. The van der Waals surface area contributed by atoms with Crippen LogP contribution in [0.4, 0.5) is 10.7 Å². The van der Waals surface area contributed by atoms with Gasteiger partial charge >= 0.3 is 0 Å². The van der Waals surface area contributed by atoms with Gasteiger partial charge in [0.05, 0.1) is 5.69 Å². The summed E-state index contributed by atoms with van der Waals surface area (Å²) in [6, 6.07) is 2.33. The van der Waals surface area contributed by atoms with E-state index in [9.17, 15) is 10.1 Å². The molecule has 1 unspecified atom stereocenters. The van der Waals surface area contributed by atoms with Crippen LogP contribution in [0.25, 0.3) is 0 Å². The first-order chi connectivity index (χ1) is 8.96. The van der Waals surface area contributed by atoms with Gasteiger partial charge in [0.2, 0.25) is 0 Å². The van der Waals surface area contributed by atoms with Gasteiger partial charge in [-0.15, -0.1) is 11.3 Å². The minimum atomic E-state index is -0.260. The molecule has 0 aliphatic heterocycles. The van der Waals surface area contributed by atoms with Crippen LogP contribution < -0.4 is 16.4 Å². The Balaban J connectivity index is 3.15. The fourth-order valence-electron chi connectivity index (χ4n) is 1.85. The Morgan fingerprint density at radius 2 is 2.16 bits per heavy atom. The average molecular weight is 280 g/mol. The molecule has 1 aromatic heterocycles. The number of carbonyl (C=O) groups is 1. The van der Waals surface area contributed by atoms with Crippen molar-refractivity contribution in [3.05, 3.63) is 10.4 Å². The summed E-state index contributed by atoms with van der Waals surface area (Å²) in [5, 5.41) is 15.7. The van der Waals surface area contributed by atoms with E-state index in [0.29, 0.717) is 21.4 Å². The SMILES string of the molecule is CCC(Nc1sc(C(=O)NC)c(N)c1C#N)C(C)C. The second kappa shape index (κ2) is 6.43. The first-order valence-corrected chi connectivity index (χ1v) is 7.08. The molecular weight excluding hydrogens is 260 g/mol. The second-order valence-electron chi connectivity index (χ2n) is 4.64. The van der Waals surface area contributed by atoms with Crippen LogP contribution in [0.5, 0.6) is 0 Å². The van der Waals surface area contributed by atoms with E-state index in [0.717, 1.165) is 6.42 Å². The Kier molecular flexibility index (Phi) is 5.19. The number of nitrogens with two attached hydrogens (primary N) is 1. The van der Waals surface area contributed by atoms with E-state index in [1.807, 2.05) is 0 Å². The largest absolute Gasteiger partial charge is 0.396 e. The predicted octanol–water partition coefficient (Wildman–Crippen LogP) is 2.41. The highest BCUT2D eigenvalue weighted by Gasteiger charge is 2.22. The summed E-state index contributed by atoms with van der Waals surface area (Å²) in [5.41, 5.74) is 6.49. The maximum atomic E-state index is 11.7. The first kappa shape index (κ1) is 15.3. The van der Waals surface area contributed by atoms with E-state index in [1.165, 1.54) is 11.3 Å². The third-order valence-corrected chi connectivity index (χ3v) is 4.19. The lowest BCUT2D eigenvalue weighted by Gasteiger charge is -2.21. The van der Waals surface area contributed by atoms with Crippen molar-refractivity contribution in [3.8, 4) is 6.07 Å². The number of nitrogen functional groups attached to an aromatic ring is 1. The molecule has 0 saturated carbocycles. The van der Waals surface area contributed by atoms with Crippen molar-refractivity contribution in [1.29, 1.82) is 5.26 Å². The summed E-state index contributed by atoms with van der Waals surface area (Å²) >= 11 is 1.23. The molecule has 5 nitrogen and oxygen atoms in total. The number of carbonyl (C=O) groups excluding carboxylic acids is 1. The van der Waals surface area contributed by atoms with E-state index < -0.39 is 0 Å². The lowest BCUT2D eigenvalue weighted by molar-refractivity contribution is 0.0968. The van der Waals surface area contributed by atoms with Crippen molar-refractivity contribution in [3.63, 3.8) is 0 Å². The molecule has 0 bridgehead atoms. The quantitative estimate of drug-likeness (QED) is 0.772. The fourth-order valence-corrected chi connectivity index (χ4v) is 2.93. The second-order valence-corrected chi connectivity index (χ2v) is 5.66. The number of thiophene rings is 1. The molecule has 0 spiro atoms. The molecule has 0 aliphatic rings. The Labute approximate surface area is 117 Å². The average Bonchev–Trinajstić information content (AvgIpc) is 2.70. The van der Waals surface area contributed by atoms with E-state index >= 15 is 0 Å². The Morgan fingerprint density at radius 1 is 1.53 bits per heavy atom. The summed E-state index contributed by atoms with van der Waals surface area (Å²) in [4.78, 5) is 12.1. The fraction of sp³-hybridized carbons (Fsp3) is 0.538. The van der Waals surface area contributed by atoms with Crippen molar-refractivity contribution in [1.82, 2.24) is 5.32 Å². The van der Waals surface area contributed by atoms with Crippen LogP contribution in [0.1, 0.15) is 42.4 Å². The highest BCUT2D eigenvalue weighted by Crippen LogP contribution is 2.36. The van der Waals surface area contributed by atoms with Crippen LogP contribution in [-0.4, -0.2) is 19.0 Å². The Hall–Kier alpha value is -1.74. The molecule has 0 saturated heterocycles. The topological polar surface area (TPSA) is 90.9 Å². The van der Waals surface area contributed by atoms with Gasteiger partial charge in [-0.2, -0.15) is 5.26 Å². The molecule has 0 radical (unpaired) electrons. The van der Waals surface area contributed by atoms with Gasteiger partial charge in [-0.05, 0) is 12.3 Å².